The van der Waals surface area contributed by atoms with E-state index >= 15 is 0 Å². The van der Waals surface area contributed by atoms with Crippen LogP contribution in [0.25, 0.3) is 100 Å². The van der Waals surface area contributed by atoms with Gasteiger partial charge in [0.2, 0.25) is 0 Å². The van der Waals surface area contributed by atoms with Crippen LogP contribution in [0.1, 0.15) is 241 Å². The second-order valence-corrected chi connectivity index (χ2v) is 36.1. The molecule has 0 aliphatic heterocycles. The van der Waals surface area contributed by atoms with E-state index in [9.17, 15) is 0 Å². The Labute approximate surface area is 735 Å². The minimum atomic E-state index is -0.943. The molecule has 115 heavy (non-hydrogen) atoms. The van der Waals surface area contributed by atoms with Crippen molar-refractivity contribution < 1.29 is 39.8 Å². The van der Waals surface area contributed by atoms with Crippen LogP contribution in [0.5, 0.6) is 0 Å². The number of rotatable bonds is 9. The van der Waals surface area contributed by atoms with Crippen molar-refractivity contribution in [2.45, 2.75) is 204 Å². The summed E-state index contributed by atoms with van der Waals surface area (Å²) in [4.78, 5) is 0. The van der Waals surface area contributed by atoms with Crippen molar-refractivity contribution >= 4 is 0 Å². The van der Waals surface area contributed by atoms with Crippen LogP contribution in [-0.4, -0.2) is 0 Å². The van der Waals surface area contributed by atoms with Crippen molar-refractivity contribution in [1.82, 2.24) is 0 Å². The van der Waals surface area contributed by atoms with Gasteiger partial charge in [0.1, 0.15) is 0 Å². The zero-order chi connectivity index (χ0) is 109. The van der Waals surface area contributed by atoms with Crippen molar-refractivity contribution in [3.8, 4) is 100 Å². The lowest BCUT2D eigenvalue weighted by atomic mass is 9.76. The van der Waals surface area contributed by atoms with Gasteiger partial charge in [-0.1, -0.05) is 501 Å². The standard InChI is InChI=1S/C30H38.2C23H24.C22H22.C17H20/c1-28(2,3)23-17-13-21(14-18-23)25-11-10-12-26(27(25)30(7,8)9)22-15-19-24(20-16-22)29(4,5)6;2*1-17-10-8-13-19(16-17)21-15-9-14-20(22(21)23(2,3)4)18-11-6-5-7-12-18;1-22(2,3)21-19(17-11-6-4-7-12-17)15-10-16-20(21)18-13-8-5-9-14-18;1-13-10-11-15(14-8-6-5-7-9-14)16(12-13)17(2,3)4/h10-20H,1-9H3;2*5-16H,1-4H3;4-16H,1-3H3;5-12H,1-4H3/i;5D,6D,7D,8D,9D,10D,11D,12D,13D,14D,15D,16D;5D,6D,7D,8D,10D,11D,12D,13D,16D;;5D,6D,7D,8D,9D,10D,11D,12D. The molecule has 0 N–H and O–H groups in total. The molecule has 0 fully saturated rings. The van der Waals surface area contributed by atoms with E-state index in [1.54, 1.807) is 52.8 Å². The lowest BCUT2D eigenvalue weighted by Gasteiger charge is -2.28. The van der Waals surface area contributed by atoms with Crippen LogP contribution in [-0.2, 0) is 37.9 Å². The van der Waals surface area contributed by atoms with Gasteiger partial charge in [-0.2, -0.15) is 0 Å². The molecule has 0 unspecified atom stereocenters. The zero-order valence-corrected chi connectivity index (χ0v) is 71.6. The molecule has 0 saturated carbocycles. The highest BCUT2D eigenvalue weighted by Gasteiger charge is 2.29. The van der Waals surface area contributed by atoms with Gasteiger partial charge in [-0.3, -0.25) is 0 Å². The summed E-state index contributed by atoms with van der Waals surface area (Å²) in [5, 5.41) is 0. The summed E-state index contributed by atoms with van der Waals surface area (Å²) in [5.74, 6) is 0. The van der Waals surface area contributed by atoms with Crippen molar-refractivity contribution in [2.24, 2.45) is 0 Å². The Morgan fingerprint density at radius 1 is 0.174 bits per heavy atom. The summed E-state index contributed by atoms with van der Waals surface area (Å²) >= 11 is 0. The normalized spacial score (nSPS) is 15.4. The molecule has 0 aromatic heterocycles. The van der Waals surface area contributed by atoms with Gasteiger partial charge in [0.25, 0.3) is 0 Å². The topological polar surface area (TPSA) is 0 Å². The van der Waals surface area contributed by atoms with E-state index < -0.39 is 125 Å². The maximum Gasteiger partial charge on any atom is 0.0632 e. The monoisotopic (exact) mass is 1540 g/mol. The van der Waals surface area contributed by atoms with Crippen molar-refractivity contribution in [2.75, 3.05) is 0 Å². The average Bonchev–Trinajstić information content (AvgIpc) is 0.715. The molecule has 14 rings (SSSR count). The van der Waals surface area contributed by atoms with E-state index in [1.807, 2.05) is 41.5 Å². The van der Waals surface area contributed by atoms with Gasteiger partial charge >= 0.3 is 0 Å². The summed E-state index contributed by atoms with van der Waals surface area (Å²) < 4.78 is 239. The maximum atomic E-state index is 8.69. The van der Waals surface area contributed by atoms with Crippen LogP contribution in [0.2, 0.25) is 0 Å². The molecule has 0 heteroatoms. The highest BCUT2D eigenvalue weighted by atomic mass is 14.3. The molecule has 0 atom stereocenters. The molecule has 588 valence electrons. The third-order valence-electron chi connectivity index (χ3n) is 19.3. The van der Waals surface area contributed by atoms with E-state index in [-0.39, 0.29) is 149 Å². The molecule has 0 aliphatic rings. The Morgan fingerprint density at radius 3 is 0.765 bits per heavy atom. The maximum absolute atomic E-state index is 8.69. The van der Waals surface area contributed by atoms with E-state index in [2.05, 4.69) is 229 Å². The number of benzene rings is 14. The number of hydrogen-bond acceptors (Lipinski definition) is 0. The first-order valence-corrected chi connectivity index (χ1v) is 39.2. The second kappa shape index (κ2) is 36.7. The molecule has 0 spiro atoms. The zero-order valence-electron chi connectivity index (χ0n) is 101. The third-order valence-corrected chi connectivity index (χ3v) is 19.3. The minimum Gasteiger partial charge on any atom is -0.0622 e. The average molecular weight is 1540 g/mol. The van der Waals surface area contributed by atoms with E-state index in [4.69, 9.17) is 39.8 Å². The van der Waals surface area contributed by atoms with Crippen LogP contribution < -0.4 is 0 Å². The van der Waals surface area contributed by atoms with E-state index in [1.165, 1.54) is 73.7 Å². The van der Waals surface area contributed by atoms with E-state index in [0.717, 1.165) is 0 Å². The fourth-order valence-electron chi connectivity index (χ4n) is 14.0. The van der Waals surface area contributed by atoms with Gasteiger partial charge in [-0.15, -0.1) is 0 Å². The van der Waals surface area contributed by atoms with Gasteiger partial charge < -0.3 is 0 Å². The quantitative estimate of drug-likeness (QED) is 0.135. The van der Waals surface area contributed by atoms with Crippen molar-refractivity contribution in [3.05, 3.63) is 395 Å². The Hall–Kier alpha value is -10.9. The van der Waals surface area contributed by atoms with Gasteiger partial charge in [0.15, 0.2) is 0 Å². The Balaban J connectivity index is 0.000000186. The molecule has 0 radical (unpaired) electrons. The Morgan fingerprint density at radius 2 is 0.435 bits per heavy atom. The largest absolute Gasteiger partial charge is 0.0632 e. The fourth-order valence-corrected chi connectivity index (χ4v) is 14.0. The second-order valence-electron chi connectivity index (χ2n) is 36.1. The molecule has 14 aromatic rings. The SMILES string of the molecule is CC(C)(C)c1c(-c2ccccc2)cccc1-c1ccccc1.CC(C)(C)c1ccc(-c2cccc(-c3ccc(C(C)(C)C)cc3)c2C(C)(C)C)cc1.[2H]c1c([2H])c([2H])c(-c2c([2H])c([2H])c(C)c([2H])c2C(C)(C)C)c([2H])c1[2H].[2H]c1c([2H])c([2H])c(-c2c([2H])c([2H])c([2H])c(-c3c([2H])c([2H])c([2H])c(C)c3[2H])c2C(C)(C)C)c([2H])c1[2H].[2H]c1c([2H])c([2H])c(-c2cccc(-c3c([2H])c([2H])c([2H])c(C)c3[2H])c2C(C)(C)C)c([2H])c1[2H]. The summed E-state index contributed by atoms with van der Waals surface area (Å²) in [6.45, 7) is 48.4. The molecular formula is C115H128. The summed E-state index contributed by atoms with van der Waals surface area (Å²) in [6.07, 6.45) is 0. The summed E-state index contributed by atoms with van der Waals surface area (Å²) in [7, 11) is 0. The highest BCUT2D eigenvalue weighted by molar-refractivity contribution is 5.85. The molecule has 14 aromatic carbocycles. The first-order valence-electron chi connectivity index (χ1n) is 53.7. The van der Waals surface area contributed by atoms with Crippen molar-refractivity contribution in [3.63, 3.8) is 0 Å². The van der Waals surface area contributed by atoms with Crippen LogP contribution >= 0.6 is 0 Å². The lowest BCUT2D eigenvalue weighted by Crippen LogP contribution is -2.15. The predicted molar refractivity (Wildman–Crippen MR) is 506 cm³/mol. The molecule has 0 saturated heterocycles. The molecular weight excluding hydrogens is 1380 g/mol. The smallest absolute Gasteiger partial charge is 0.0622 e. The molecule has 0 heterocycles. The lowest BCUT2D eigenvalue weighted by molar-refractivity contribution is 0.589. The minimum absolute atomic E-state index is 0.0280. The Bertz CT molecular complexity index is 6830. The van der Waals surface area contributed by atoms with Gasteiger partial charge in [-0.05, 0) is 198 Å². The van der Waals surface area contributed by atoms with E-state index in [0.29, 0.717) is 27.8 Å². The van der Waals surface area contributed by atoms with Gasteiger partial charge in [0, 0.05) is 0 Å². The van der Waals surface area contributed by atoms with Gasteiger partial charge in [-0.25, -0.2) is 0 Å². The van der Waals surface area contributed by atoms with Crippen LogP contribution in [0.15, 0.2) is 339 Å². The highest BCUT2D eigenvalue weighted by Crippen LogP contribution is 2.46. The Kier molecular flexibility index (Phi) is 17.5. The molecule has 0 nitrogen and oxygen atoms in total. The van der Waals surface area contributed by atoms with Crippen LogP contribution in [0.3, 0.4) is 0 Å². The van der Waals surface area contributed by atoms with Crippen molar-refractivity contribution in [1.29, 1.82) is 0 Å². The predicted octanol–water partition coefficient (Wildman–Crippen LogP) is 33.4. The van der Waals surface area contributed by atoms with Crippen LogP contribution in [0.4, 0.5) is 0 Å². The first kappa shape index (κ1) is 54.8. The molecule has 0 aliphatic carbocycles. The molecule has 0 amide bonds. The number of hydrogen-bond donors (Lipinski definition) is 0. The summed E-state index contributed by atoms with van der Waals surface area (Å²) in [6, 6.07) is 46.6. The van der Waals surface area contributed by atoms with Gasteiger partial charge in [0.05, 0.1) is 39.8 Å². The fraction of sp³-hybridized carbons (Fsp3) is 0.270. The molecule has 0 bridgehead atoms. The van der Waals surface area contributed by atoms with Crippen LogP contribution in [0, 0.1) is 20.8 Å². The first-order chi connectivity index (χ1) is 66.3. The third kappa shape index (κ3) is 22.6. The summed E-state index contributed by atoms with van der Waals surface area (Å²) in [5.41, 5.74) is 16.6.